The van der Waals surface area contributed by atoms with E-state index in [1.807, 2.05) is 0 Å². The number of fused-ring (bicyclic) bond motifs is 2. The van der Waals surface area contributed by atoms with Gasteiger partial charge in [0.05, 0.1) is 5.02 Å². The average molecular weight is 255 g/mol. The molecule has 3 rings (SSSR count). The minimum Gasteiger partial charge on any atom is -0.0834 e. The van der Waals surface area contributed by atoms with Crippen LogP contribution in [0, 0.1) is 20.8 Å². The summed E-state index contributed by atoms with van der Waals surface area (Å²) in [4.78, 5) is 0. The Morgan fingerprint density at radius 2 is 1.28 bits per heavy atom. The van der Waals surface area contributed by atoms with Gasteiger partial charge in [-0.25, -0.2) is 0 Å². The van der Waals surface area contributed by atoms with E-state index in [9.17, 15) is 0 Å². The van der Waals surface area contributed by atoms with Crippen LogP contribution in [-0.2, 0) is 0 Å². The Labute approximate surface area is 112 Å². The van der Waals surface area contributed by atoms with Gasteiger partial charge in [0.1, 0.15) is 0 Å². The molecule has 0 unspecified atom stereocenters. The molecule has 0 spiro atoms. The quantitative estimate of drug-likeness (QED) is 0.460. The molecule has 0 radical (unpaired) electrons. The third-order valence-corrected chi connectivity index (χ3v) is 4.47. The fourth-order valence-electron chi connectivity index (χ4n) is 2.58. The minimum absolute atomic E-state index is 0.888. The van der Waals surface area contributed by atoms with E-state index in [0.29, 0.717) is 0 Å². The number of halogens is 1. The second-order valence-corrected chi connectivity index (χ2v) is 5.31. The first kappa shape index (κ1) is 11.6. The largest absolute Gasteiger partial charge is 0.0834 e. The Morgan fingerprint density at radius 1 is 0.722 bits per heavy atom. The molecule has 0 atom stereocenters. The first-order valence-corrected chi connectivity index (χ1v) is 6.55. The predicted octanol–water partition coefficient (Wildman–Crippen LogP) is 5.57. The molecule has 0 saturated heterocycles. The summed E-state index contributed by atoms with van der Waals surface area (Å²) in [7, 11) is 0. The summed E-state index contributed by atoms with van der Waals surface area (Å²) < 4.78 is 0. The second-order valence-electron chi connectivity index (χ2n) is 4.93. The summed E-state index contributed by atoms with van der Waals surface area (Å²) in [5.74, 6) is 0. The number of hydrogen-bond donors (Lipinski definition) is 0. The van der Waals surface area contributed by atoms with Gasteiger partial charge in [0.25, 0.3) is 0 Å². The van der Waals surface area contributed by atoms with Crippen LogP contribution in [0.1, 0.15) is 16.7 Å². The molecule has 90 valence electrons. The molecule has 0 aliphatic heterocycles. The highest BCUT2D eigenvalue weighted by Gasteiger charge is 2.10. The summed E-state index contributed by atoms with van der Waals surface area (Å²) in [6, 6.07) is 12.9. The number of rotatable bonds is 0. The van der Waals surface area contributed by atoms with Gasteiger partial charge < -0.3 is 0 Å². The molecule has 0 aliphatic carbocycles. The molecule has 0 aliphatic rings. The third kappa shape index (κ3) is 1.53. The third-order valence-electron chi connectivity index (χ3n) is 3.98. The molecular weight excluding hydrogens is 240 g/mol. The monoisotopic (exact) mass is 254 g/mol. The van der Waals surface area contributed by atoms with E-state index < -0.39 is 0 Å². The molecule has 1 heteroatoms. The van der Waals surface area contributed by atoms with E-state index in [1.165, 1.54) is 32.8 Å². The maximum Gasteiger partial charge on any atom is 0.0516 e. The molecule has 0 heterocycles. The van der Waals surface area contributed by atoms with Crippen molar-refractivity contribution in [3.63, 3.8) is 0 Å². The maximum atomic E-state index is 6.50. The molecule has 18 heavy (non-hydrogen) atoms. The summed E-state index contributed by atoms with van der Waals surface area (Å²) in [6.45, 7) is 6.42. The van der Waals surface area contributed by atoms with Gasteiger partial charge in [0, 0.05) is 5.39 Å². The average Bonchev–Trinajstić information content (AvgIpc) is 2.41. The molecule has 0 N–H and O–H groups in total. The Balaban J connectivity index is 2.58. The zero-order valence-electron chi connectivity index (χ0n) is 10.8. The molecule has 0 fully saturated rings. The Bertz CT molecular complexity index is 704. The lowest BCUT2D eigenvalue weighted by molar-refractivity contribution is 1.30. The summed E-state index contributed by atoms with van der Waals surface area (Å²) in [5.41, 5.74) is 3.82. The van der Waals surface area contributed by atoms with Gasteiger partial charge in [0.2, 0.25) is 0 Å². The van der Waals surface area contributed by atoms with E-state index in [0.717, 1.165) is 10.4 Å². The first-order chi connectivity index (χ1) is 8.59. The summed E-state index contributed by atoms with van der Waals surface area (Å²) in [6.07, 6.45) is 0. The van der Waals surface area contributed by atoms with Crippen molar-refractivity contribution in [3.05, 3.63) is 58.1 Å². The van der Waals surface area contributed by atoms with Crippen molar-refractivity contribution >= 4 is 33.1 Å². The van der Waals surface area contributed by atoms with Crippen LogP contribution in [0.25, 0.3) is 21.5 Å². The highest BCUT2D eigenvalue weighted by molar-refractivity contribution is 6.37. The Morgan fingerprint density at radius 3 is 1.89 bits per heavy atom. The van der Waals surface area contributed by atoms with Crippen molar-refractivity contribution in [2.75, 3.05) is 0 Å². The lowest BCUT2D eigenvalue weighted by Crippen LogP contribution is -1.91. The molecule has 0 nitrogen and oxygen atoms in total. The van der Waals surface area contributed by atoms with Gasteiger partial charge in [-0.15, -0.1) is 0 Å². The lowest BCUT2D eigenvalue weighted by atomic mass is 9.94. The van der Waals surface area contributed by atoms with E-state index in [2.05, 4.69) is 57.2 Å². The summed E-state index contributed by atoms with van der Waals surface area (Å²) >= 11 is 6.50. The van der Waals surface area contributed by atoms with Crippen molar-refractivity contribution in [1.82, 2.24) is 0 Å². The predicted molar refractivity (Wildman–Crippen MR) is 80.7 cm³/mol. The molecule has 3 aromatic carbocycles. The van der Waals surface area contributed by atoms with Gasteiger partial charge in [-0.3, -0.25) is 0 Å². The molecular formula is C17H15Cl. The van der Waals surface area contributed by atoms with Crippen molar-refractivity contribution in [2.24, 2.45) is 0 Å². The Hall–Kier alpha value is -1.53. The highest BCUT2D eigenvalue weighted by Crippen LogP contribution is 2.35. The van der Waals surface area contributed by atoms with Crippen LogP contribution in [0.2, 0.25) is 5.02 Å². The summed E-state index contributed by atoms with van der Waals surface area (Å²) in [5, 5.41) is 5.83. The van der Waals surface area contributed by atoms with E-state index in [1.54, 1.807) is 0 Å². The molecule has 0 aromatic heterocycles. The van der Waals surface area contributed by atoms with E-state index in [4.69, 9.17) is 11.6 Å². The number of benzene rings is 3. The van der Waals surface area contributed by atoms with Crippen LogP contribution >= 0.6 is 11.6 Å². The topological polar surface area (TPSA) is 0 Å². The van der Waals surface area contributed by atoms with Crippen LogP contribution in [0.4, 0.5) is 0 Å². The van der Waals surface area contributed by atoms with Gasteiger partial charge in [-0.2, -0.15) is 0 Å². The lowest BCUT2D eigenvalue weighted by Gasteiger charge is -2.13. The molecule has 0 amide bonds. The maximum absolute atomic E-state index is 6.50. The second kappa shape index (κ2) is 4.00. The minimum atomic E-state index is 0.888. The van der Waals surface area contributed by atoms with E-state index in [-0.39, 0.29) is 0 Å². The SMILES string of the molecule is Cc1c(C)c(Cl)c2cc3ccccc3cc2c1C. The molecule has 0 saturated carbocycles. The van der Waals surface area contributed by atoms with Gasteiger partial charge in [-0.05, 0) is 65.8 Å². The van der Waals surface area contributed by atoms with Crippen LogP contribution in [-0.4, -0.2) is 0 Å². The normalized spacial score (nSPS) is 11.3. The molecule has 3 aromatic rings. The first-order valence-electron chi connectivity index (χ1n) is 6.17. The smallest absolute Gasteiger partial charge is 0.0516 e. The highest BCUT2D eigenvalue weighted by atomic mass is 35.5. The fourth-order valence-corrected chi connectivity index (χ4v) is 2.88. The Kier molecular flexibility index (Phi) is 2.57. The zero-order chi connectivity index (χ0) is 12.9. The van der Waals surface area contributed by atoms with Crippen LogP contribution in [0.15, 0.2) is 36.4 Å². The van der Waals surface area contributed by atoms with Crippen LogP contribution in [0.5, 0.6) is 0 Å². The number of aryl methyl sites for hydroxylation is 1. The van der Waals surface area contributed by atoms with Crippen molar-refractivity contribution < 1.29 is 0 Å². The van der Waals surface area contributed by atoms with E-state index >= 15 is 0 Å². The van der Waals surface area contributed by atoms with Crippen LogP contribution in [0.3, 0.4) is 0 Å². The van der Waals surface area contributed by atoms with Gasteiger partial charge in [-0.1, -0.05) is 35.9 Å². The van der Waals surface area contributed by atoms with Crippen molar-refractivity contribution in [2.45, 2.75) is 20.8 Å². The van der Waals surface area contributed by atoms with Crippen LogP contribution < -0.4 is 0 Å². The van der Waals surface area contributed by atoms with Gasteiger partial charge >= 0.3 is 0 Å². The standard InChI is InChI=1S/C17H15Cl/c1-10-11(2)15-8-13-6-4-5-7-14(13)9-16(15)17(18)12(10)3/h4-9H,1-3H3. The van der Waals surface area contributed by atoms with Crippen molar-refractivity contribution in [3.8, 4) is 0 Å². The van der Waals surface area contributed by atoms with Crippen molar-refractivity contribution in [1.29, 1.82) is 0 Å². The zero-order valence-corrected chi connectivity index (χ0v) is 11.6. The number of hydrogen-bond acceptors (Lipinski definition) is 0. The molecule has 0 bridgehead atoms. The van der Waals surface area contributed by atoms with Gasteiger partial charge in [0.15, 0.2) is 0 Å². The fraction of sp³-hybridized carbons (Fsp3) is 0.176.